The van der Waals surface area contributed by atoms with Gasteiger partial charge in [0.15, 0.2) is 0 Å². The highest BCUT2D eigenvalue weighted by molar-refractivity contribution is 9.10. The molecular formula is C18H19BrO4. The molecule has 0 spiro atoms. The molecule has 0 bridgehead atoms. The molecule has 2 aromatic rings. The zero-order valence-corrected chi connectivity index (χ0v) is 14.7. The van der Waals surface area contributed by atoms with Gasteiger partial charge in [-0.05, 0) is 41.8 Å². The molecule has 2 rings (SSSR count). The van der Waals surface area contributed by atoms with Gasteiger partial charge < -0.3 is 14.6 Å². The molecule has 0 saturated carbocycles. The lowest BCUT2D eigenvalue weighted by molar-refractivity contribution is 0.0691. The zero-order valence-electron chi connectivity index (χ0n) is 13.1. The number of para-hydroxylation sites is 1. The predicted octanol–water partition coefficient (Wildman–Crippen LogP) is 4.73. The predicted molar refractivity (Wildman–Crippen MR) is 92.6 cm³/mol. The average Bonchev–Trinajstić information content (AvgIpc) is 2.52. The fraction of sp³-hybridized carbons (Fsp3) is 0.278. The van der Waals surface area contributed by atoms with Crippen LogP contribution in [0.25, 0.3) is 0 Å². The van der Waals surface area contributed by atoms with Crippen molar-refractivity contribution in [3.63, 3.8) is 0 Å². The number of carboxylic acids is 1. The SMILES string of the molecule is CC(C)c1cc(Br)ccc1OCCOc1ccccc1C(=O)O. The first-order valence-corrected chi connectivity index (χ1v) is 8.15. The maximum Gasteiger partial charge on any atom is 0.339 e. The quantitative estimate of drug-likeness (QED) is 0.707. The van der Waals surface area contributed by atoms with Crippen LogP contribution < -0.4 is 9.47 Å². The number of hydrogen-bond donors (Lipinski definition) is 1. The fourth-order valence-corrected chi connectivity index (χ4v) is 2.55. The minimum atomic E-state index is -1.00. The Morgan fingerprint density at radius 1 is 1.09 bits per heavy atom. The molecule has 0 atom stereocenters. The monoisotopic (exact) mass is 378 g/mol. The Hall–Kier alpha value is -2.01. The lowest BCUT2D eigenvalue weighted by Gasteiger charge is -2.15. The molecule has 0 aliphatic rings. The molecule has 2 aromatic carbocycles. The molecule has 0 fully saturated rings. The smallest absolute Gasteiger partial charge is 0.339 e. The van der Waals surface area contributed by atoms with Crippen molar-refractivity contribution in [2.75, 3.05) is 13.2 Å². The number of benzene rings is 2. The van der Waals surface area contributed by atoms with E-state index in [2.05, 4.69) is 29.8 Å². The first-order valence-electron chi connectivity index (χ1n) is 7.36. The van der Waals surface area contributed by atoms with Gasteiger partial charge in [0.05, 0.1) is 0 Å². The van der Waals surface area contributed by atoms with Crippen LogP contribution in [0.3, 0.4) is 0 Å². The number of aromatic carboxylic acids is 1. The Kier molecular flexibility index (Phi) is 6.04. The molecule has 0 amide bonds. The molecule has 1 N–H and O–H groups in total. The first-order chi connectivity index (χ1) is 11.0. The van der Waals surface area contributed by atoms with Crippen LogP contribution in [0.2, 0.25) is 0 Å². The van der Waals surface area contributed by atoms with E-state index in [1.165, 1.54) is 6.07 Å². The molecule has 0 aromatic heterocycles. The van der Waals surface area contributed by atoms with Crippen LogP contribution in [0, 0.1) is 0 Å². The molecule has 23 heavy (non-hydrogen) atoms. The van der Waals surface area contributed by atoms with E-state index in [4.69, 9.17) is 14.6 Å². The lowest BCUT2D eigenvalue weighted by Crippen LogP contribution is -2.12. The van der Waals surface area contributed by atoms with Gasteiger partial charge in [0, 0.05) is 4.47 Å². The highest BCUT2D eigenvalue weighted by atomic mass is 79.9. The molecule has 0 unspecified atom stereocenters. The Balaban J connectivity index is 1.95. The maximum atomic E-state index is 11.1. The van der Waals surface area contributed by atoms with E-state index in [1.807, 2.05) is 18.2 Å². The van der Waals surface area contributed by atoms with Crippen LogP contribution in [-0.4, -0.2) is 24.3 Å². The molecular weight excluding hydrogens is 360 g/mol. The van der Waals surface area contributed by atoms with Crippen molar-refractivity contribution in [3.05, 3.63) is 58.1 Å². The minimum Gasteiger partial charge on any atom is -0.490 e. The third-order valence-corrected chi connectivity index (χ3v) is 3.80. The van der Waals surface area contributed by atoms with E-state index in [0.29, 0.717) is 18.3 Å². The van der Waals surface area contributed by atoms with Crippen LogP contribution in [0.1, 0.15) is 35.7 Å². The van der Waals surface area contributed by atoms with E-state index >= 15 is 0 Å². The molecule has 0 radical (unpaired) electrons. The summed E-state index contributed by atoms with van der Waals surface area (Å²) in [6.07, 6.45) is 0. The number of rotatable bonds is 7. The van der Waals surface area contributed by atoms with Crippen molar-refractivity contribution in [1.82, 2.24) is 0 Å². The van der Waals surface area contributed by atoms with Gasteiger partial charge in [-0.2, -0.15) is 0 Å². The number of ether oxygens (including phenoxy) is 2. The van der Waals surface area contributed by atoms with Crippen molar-refractivity contribution >= 4 is 21.9 Å². The average molecular weight is 379 g/mol. The summed E-state index contributed by atoms with van der Waals surface area (Å²) in [6, 6.07) is 12.5. The van der Waals surface area contributed by atoms with E-state index in [9.17, 15) is 4.79 Å². The van der Waals surface area contributed by atoms with E-state index < -0.39 is 5.97 Å². The van der Waals surface area contributed by atoms with Crippen molar-refractivity contribution in [2.45, 2.75) is 19.8 Å². The summed E-state index contributed by atoms with van der Waals surface area (Å²) in [4.78, 5) is 11.1. The molecule has 0 aliphatic heterocycles. The van der Waals surface area contributed by atoms with Crippen molar-refractivity contribution in [1.29, 1.82) is 0 Å². The summed E-state index contributed by atoms with van der Waals surface area (Å²) in [5.74, 6) is 0.509. The van der Waals surface area contributed by atoms with Crippen molar-refractivity contribution in [3.8, 4) is 11.5 Å². The van der Waals surface area contributed by atoms with Gasteiger partial charge in [-0.25, -0.2) is 4.79 Å². The van der Waals surface area contributed by atoms with Crippen LogP contribution in [0.15, 0.2) is 46.9 Å². The highest BCUT2D eigenvalue weighted by Gasteiger charge is 2.11. The molecule has 122 valence electrons. The first kappa shape index (κ1) is 17.3. The Labute approximate surface area is 144 Å². The third kappa shape index (κ3) is 4.73. The second kappa shape index (κ2) is 8.02. The van der Waals surface area contributed by atoms with Crippen LogP contribution >= 0.6 is 15.9 Å². The summed E-state index contributed by atoms with van der Waals surface area (Å²) >= 11 is 3.46. The largest absolute Gasteiger partial charge is 0.490 e. The van der Waals surface area contributed by atoms with E-state index in [0.717, 1.165) is 15.8 Å². The van der Waals surface area contributed by atoms with E-state index in [-0.39, 0.29) is 12.2 Å². The van der Waals surface area contributed by atoms with E-state index in [1.54, 1.807) is 18.2 Å². The van der Waals surface area contributed by atoms with Gasteiger partial charge in [-0.1, -0.05) is 41.9 Å². The Bertz CT molecular complexity index is 682. The number of carbonyl (C=O) groups is 1. The summed E-state index contributed by atoms with van der Waals surface area (Å²) < 4.78 is 12.3. The number of halogens is 1. The second-order valence-corrected chi connectivity index (χ2v) is 6.25. The third-order valence-electron chi connectivity index (χ3n) is 3.31. The summed E-state index contributed by atoms with van der Waals surface area (Å²) in [7, 11) is 0. The van der Waals surface area contributed by atoms with Gasteiger partial charge in [0.2, 0.25) is 0 Å². The van der Waals surface area contributed by atoms with Crippen LogP contribution in [0.4, 0.5) is 0 Å². The van der Waals surface area contributed by atoms with Gasteiger partial charge in [-0.3, -0.25) is 0 Å². The summed E-state index contributed by atoms with van der Waals surface area (Å²) in [5.41, 5.74) is 1.27. The fourth-order valence-electron chi connectivity index (χ4n) is 2.17. The normalized spacial score (nSPS) is 10.6. The van der Waals surface area contributed by atoms with Crippen LogP contribution in [-0.2, 0) is 0 Å². The molecule has 0 aliphatic carbocycles. The molecule has 0 heterocycles. The lowest BCUT2D eigenvalue weighted by atomic mass is 10.0. The Morgan fingerprint density at radius 2 is 1.74 bits per heavy atom. The molecule has 5 heteroatoms. The van der Waals surface area contributed by atoms with Crippen molar-refractivity contribution < 1.29 is 19.4 Å². The highest BCUT2D eigenvalue weighted by Crippen LogP contribution is 2.29. The second-order valence-electron chi connectivity index (χ2n) is 5.34. The topological polar surface area (TPSA) is 55.8 Å². The van der Waals surface area contributed by atoms with Gasteiger partial charge in [0.1, 0.15) is 30.3 Å². The maximum absolute atomic E-state index is 11.1. The standard InChI is InChI=1S/C18H19BrO4/c1-12(2)15-11-13(19)7-8-17(15)23-10-9-22-16-6-4-3-5-14(16)18(20)21/h3-8,11-12H,9-10H2,1-2H3,(H,20,21). The van der Waals surface area contributed by atoms with Crippen molar-refractivity contribution in [2.24, 2.45) is 0 Å². The zero-order chi connectivity index (χ0) is 16.8. The summed E-state index contributed by atoms with van der Waals surface area (Å²) in [6.45, 7) is 4.83. The Morgan fingerprint density at radius 3 is 2.39 bits per heavy atom. The number of carboxylic acid groups (broad SMARTS) is 1. The summed E-state index contributed by atoms with van der Waals surface area (Å²) in [5, 5.41) is 9.11. The minimum absolute atomic E-state index is 0.152. The van der Waals surface area contributed by atoms with Gasteiger partial charge in [-0.15, -0.1) is 0 Å². The van der Waals surface area contributed by atoms with Gasteiger partial charge in [0.25, 0.3) is 0 Å². The molecule has 4 nitrogen and oxygen atoms in total. The van der Waals surface area contributed by atoms with Gasteiger partial charge >= 0.3 is 5.97 Å². The van der Waals surface area contributed by atoms with Crippen LogP contribution in [0.5, 0.6) is 11.5 Å². The molecule has 0 saturated heterocycles. The number of hydrogen-bond acceptors (Lipinski definition) is 3.